The molecule has 1 amide bonds. The Morgan fingerprint density at radius 3 is 2.73 bits per heavy atom. The summed E-state index contributed by atoms with van der Waals surface area (Å²) < 4.78 is 6.51. The van der Waals surface area contributed by atoms with Crippen molar-refractivity contribution in [2.75, 3.05) is 6.54 Å². The van der Waals surface area contributed by atoms with Crippen molar-refractivity contribution in [3.8, 4) is 11.4 Å². The largest absolute Gasteiger partial charge is 0.337 e. The lowest BCUT2D eigenvalue weighted by Crippen LogP contribution is -2.31. The highest BCUT2D eigenvalue weighted by Crippen LogP contribution is 2.33. The first-order valence-corrected chi connectivity index (χ1v) is 9.39. The highest BCUT2D eigenvalue weighted by atomic mass is 79.9. The van der Waals surface area contributed by atoms with E-state index in [9.17, 15) is 4.79 Å². The molecule has 1 saturated heterocycles. The SMILES string of the molecule is Cc1ccccc1C(=O)N1CCCC1c1nc(-c2ccc(Br)cc2)no1. The summed E-state index contributed by atoms with van der Waals surface area (Å²) in [5.41, 5.74) is 2.59. The minimum Gasteiger partial charge on any atom is -0.337 e. The third kappa shape index (κ3) is 3.17. The van der Waals surface area contributed by atoms with Gasteiger partial charge >= 0.3 is 0 Å². The third-order valence-corrected chi connectivity index (χ3v) is 5.25. The van der Waals surface area contributed by atoms with Gasteiger partial charge < -0.3 is 9.42 Å². The molecule has 0 radical (unpaired) electrons. The van der Waals surface area contributed by atoms with Crippen LogP contribution < -0.4 is 0 Å². The average Bonchev–Trinajstić information content (AvgIpc) is 3.31. The zero-order chi connectivity index (χ0) is 18.1. The van der Waals surface area contributed by atoms with E-state index in [1.807, 2.05) is 60.4 Å². The lowest BCUT2D eigenvalue weighted by atomic mass is 10.1. The van der Waals surface area contributed by atoms with E-state index in [4.69, 9.17) is 4.52 Å². The Morgan fingerprint density at radius 1 is 1.19 bits per heavy atom. The number of carbonyl (C=O) groups excluding carboxylic acids is 1. The summed E-state index contributed by atoms with van der Waals surface area (Å²) in [6.07, 6.45) is 1.76. The first-order chi connectivity index (χ1) is 12.6. The van der Waals surface area contributed by atoms with E-state index in [-0.39, 0.29) is 11.9 Å². The molecule has 1 fully saturated rings. The number of rotatable bonds is 3. The van der Waals surface area contributed by atoms with E-state index in [0.29, 0.717) is 18.3 Å². The lowest BCUT2D eigenvalue weighted by Gasteiger charge is -2.22. The first kappa shape index (κ1) is 17.0. The van der Waals surface area contributed by atoms with Crippen LogP contribution in [0, 0.1) is 6.92 Å². The number of benzene rings is 2. The lowest BCUT2D eigenvalue weighted by molar-refractivity contribution is 0.0709. The summed E-state index contributed by atoms with van der Waals surface area (Å²) in [5.74, 6) is 1.07. The molecule has 1 aliphatic rings. The maximum absolute atomic E-state index is 13.0. The van der Waals surface area contributed by atoms with Crippen molar-refractivity contribution < 1.29 is 9.32 Å². The van der Waals surface area contributed by atoms with Crippen LogP contribution in [0.1, 0.15) is 40.7 Å². The summed E-state index contributed by atoms with van der Waals surface area (Å²) in [6, 6.07) is 15.2. The van der Waals surface area contributed by atoms with Crippen molar-refractivity contribution >= 4 is 21.8 Å². The molecular formula is C20H18BrN3O2. The fourth-order valence-corrected chi connectivity index (χ4v) is 3.59. The van der Waals surface area contributed by atoms with E-state index in [1.54, 1.807) is 0 Å². The first-order valence-electron chi connectivity index (χ1n) is 8.59. The number of amides is 1. The van der Waals surface area contributed by atoms with Crippen molar-refractivity contribution in [1.29, 1.82) is 0 Å². The van der Waals surface area contributed by atoms with Gasteiger partial charge in [0.1, 0.15) is 6.04 Å². The minimum absolute atomic E-state index is 0.0222. The normalized spacial score (nSPS) is 16.8. The van der Waals surface area contributed by atoms with Crippen LogP contribution in [0.15, 0.2) is 57.5 Å². The van der Waals surface area contributed by atoms with E-state index < -0.39 is 0 Å². The molecule has 1 aliphatic heterocycles. The van der Waals surface area contributed by atoms with Crippen molar-refractivity contribution in [3.05, 3.63) is 70.0 Å². The van der Waals surface area contributed by atoms with E-state index in [2.05, 4.69) is 26.1 Å². The second-order valence-corrected chi connectivity index (χ2v) is 7.35. The second-order valence-electron chi connectivity index (χ2n) is 6.43. The van der Waals surface area contributed by atoms with Gasteiger partial charge in [-0.1, -0.05) is 39.3 Å². The molecule has 1 atom stereocenters. The topological polar surface area (TPSA) is 59.2 Å². The van der Waals surface area contributed by atoms with Crippen LogP contribution in [-0.4, -0.2) is 27.5 Å². The molecule has 2 aromatic carbocycles. The third-order valence-electron chi connectivity index (χ3n) is 4.72. The summed E-state index contributed by atoms with van der Waals surface area (Å²) in [7, 11) is 0. The van der Waals surface area contributed by atoms with Gasteiger partial charge in [-0.15, -0.1) is 0 Å². The van der Waals surface area contributed by atoms with E-state index in [0.717, 1.165) is 34.0 Å². The zero-order valence-electron chi connectivity index (χ0n) is 14.4. The van der Waals surface area contributed by atoms with Crippen molar-refractivity contribution in [2.45, 2.75) is 25.8 Å². The van der Waals surface area contributed by atoms with Crippen LogP contribution in [0.25, 0.3) is 11.4 Å². The molecule has 4 rings (SSSR count). The predicted molar refractivity (Wildman–Crippen MR) is 102 cm³/mol. The monoisotopic (exact) mass is 411 g/mol. The number of nitrogens with zero attached hydrogens (tertiary/aromatic N) is 3. The van der Waals surface area contributed by atoms with Gasteiger partial charge in [-0.2, -0.15) is 4.98 Å². The van der Waals surface area contributed by atoms with Gasteiger partial charge in [-0.3, -0.25) is 4.79 Å². The van der Waals surface area contributed by atoms with Gasteiger partial charge in [0.05, 0.1) is 0 Å². The van der Waals surface area contributed by atoms with Crippen LogP contribution in [0.4, 0.5) is 0 Å². The van der Waals surface area contributed by atoms with Crippen LogP contribution in [-0.2, 0) is 0 Å². The maximum atomic E-state index is 13.0. The molecule has 0 spiro atoms. The van der Waals surface area contributed by atoms with Gasteiger partial charge in [-0.05, 0) is 55.7 Å². The Balaban J connectivity index is 1.60. The van der Waals surface area contributed by atoms with E-state index >= 15 is 0 Å². The van der Waals surface area contributed by atoms with Crippen molar-refractivity contribution in [2.24, 2.45) is 0 Å². The fourth-order valence-electron chi connectivity index (χ4n) is 3.32. The smallest absolute Gasteiger partial charge is 0.254 e. The van der Waals surface area contributed by atoms with Crippen LogP contribution in [0.2, 0.25) is 0 Å². The molecular weight excluding hydrogens is 394 g/mol. The molecule has 1 aromatic heterocycles. The summed E-state index contributed by atoms with van der Waals surface area (Å²) in [5, 5.41) is 4.11. The van der Waals surface area contributed by atoms with E-state index in [1.165, 1.54) is 0 Å². The second kappa shape index (κ2) is 7.03. The summed E-state index contributed by atoms with van der Waals surface area (Å²) >= 11 is 3.42. The molecule has 1 unspecified atom stereocenters. The van der Waals surface area contributed by atoms with Gasteiger partial charge in [0.2, 0.25) is 11.7 Å². The maximum Gasteiger partial charge on any atom is 0.254 e. The predicted octanol–water partition coefficient (Wildman–Crippen LogP) is 4.78. The van der Waals surface area contributed by atoms with Crippen molar-refractivity contribution in [3.63, 3.8) is 0 Å². The Hall–Kier alpha value is -2.47. The summed E-state index contributed by atoms with van der Waals surface area (Å²) in [6.45, 7) is 2.66. The highest BCUT2D eigenvalue weighted by molar-refractivity contribution is 9.10. The van der Waals surface area contributed by atoms with Gasteiger partial charge in [-0.25, -0.2) is 0 Å². The molecule has 3 aromatic rings. The van der Waals surface area contributed by atoms with Crippen LogP contribution in [0.5, 0.6) is 0 Å². The number of hydrogen-bond donors (Lipinski definition) is 0. The van der Waals surface area contributed by atoms with Crippen LogP contribution in [0.3, 0.4) is 0 Å². The average molecular weight is 412 g/mol. The fraction of sp³-hybridized carbons (Fsp3) is 0.250. The van der Waals surface area contributed by atoms with Gasteiger partial charge in [0.25, 0.3) is 5.91 Å². The molecule has 6 heteroatoms. The summed E-state index contributed by atoms with van der Waals surface area (Å²) in [4.78, 5) is 19.4. The Labute approximate surface area is 160 Å². The van der Waals surface area contributed by atoms with Crippen LogP contribution >= 0.6 is 15.9 Å². The van der Waals surface area contributed by atoms with Crippen molar-refractivity contribution in [1.82, 2.24) is 15.0 Å². The molecule has 2 heterocycles. The molecule has 0 aliphatic carbocycles. The highest BCUT2D eigenvalue weighted by Gasteiger charge is 2.35. The molecule has 0 saturated carbocycles. The van der Waals surface area contributed by atoms with Gasteiger partial charge in [0.15, 0.2) is 0 Å². The van der Waals surface area contributed by atoms with Gasteiger partial charge in [0, 0.05) is 22.1 Å². The number of halogens is 1. The number of aromatic nitrogens is 2. The number of aryl methyl sites for hydroxylation is 1. The number of carbonyl (C=O) groups is 1. The molecule has 0 bridgehead atoms. The quantitative estimate of drug-likeness (QED) is 0.621. The molecule has 0 N–H and O–H groups in total. The Bertz CT molecular complexity index is 936. The zero-order valence-corrected chi connectivity index (χ0v) is 15.9. The Kier molecular flexibility index (Phi) is 4.59. The standard InChI is InChI=1S/C20H18BrN3O2/c1-13-5-2-3-6-16(13)20(25)24-12-4-7-17(24)19-22-18(23-26-19)14-8-10-15(21)11-9-14/h2-3,5-6,8-11,17H,4,7,12H2,1H3. The Morgan fingerprint density at radius 2 is 1.96 bits per heavy atom. The molecule has 132 valence electrons. The molecule has 5 nitrogen and oxygen atoms in total. The number of hydrogen-bond acceptors (Lipinski definition) is 4. The minimum atomic E-state index is -0.168. The molecule has 26 heavy (non-hydrogen) atoms. The number of likely N-dealkylation sites (tertiary alicyclic amines) is 1.